The Bertz CT molecular complexity index is 898. The Morgan fingerprint density at radius 3 is 2.23 bits per heavy atom. The molecule has 0 unspecified atom stereocenters. The molecule has 0 radical (unpaired) electrons. The highest BCUT2D eigenvalue weighted by atomic mass is 31.2. The van der Waals surface area contributed by atoms with Crippen LogP contribution in [0.1, 0.15) is 51.4 Å². The molecule has 170 valence electrons. The van der Waals surface area contributed by atoms with E-state index in [-0.39, 0.29) is 12.0 Å². The lowest BCUT2D eigenvalue weighted by molar-refractivity contribution is 0.0427. The average Bonchev–Trinajstić information content (AvgIpc) is 2.73. The van der Waals surface area contributed by atoms with Gasteiger partial charge in [0.25, 0.3) is 7.37 Å². The highest BCUT2D eigenvalue weighted by molar-refractivity contribution is 7.67. The first-order valence-electron chi connectivity index (χ1n) is 11.1. The van der Waals surface area contributed by atoms with Crippen molar-refractivity contribution in [3.05, 3.63) is 59.9 Å². The minimum Gasteiger partial charge on any atom is -0.378 e. The number of aliphatic hydroxyl groups excluding tert-OH is 1. The quantitative estimate of drug-likeness (QED) is 0.532. The van der Waals surface area contributed by atoms with Gasteiger partial charge in [0.1, 0.15) is 5.82 Å². The van der Waals surface area contributed by atoms with Gasteiger partial charge in [0, 0.05) is 25.1 Å². The van der Waals surface area contributed by atoms with Crippen LogP contribution in [0, 0.1) is 23.6 Å². The third-order valence-corrected chi connectivity index (χ3v) is 9.01. The molecule has 0 spiro atoms. The summed E-state index contributed by atoms with van der Waals surface area (Å²) in [5, 5.41) is 11.7. The van der Waals surface area contributed by atoms with Gasteiger partial charge < -0.3 is 14.5 Å². The molecule has 0 saturated heterocycles. The summed E-state index contributed by atoms with van der Waals surface area (Å²) in [4.78, 5) is 1.96. The maximum Gasteiger partial charge on any atom is 0.264 e. The van der Waals surface area contributed by atoms with E-state index in [0.717, 1.165) is 24.9 Å². The van der Waals surface area contributed by atoms with Crippen LogP contribution in [-0.4, -0.2) is 25.3 Å². The lowest BCUT2D eigenvalue weighted by Crippen LogP contribution is -2.35. The lowest BCUT2D eigenvalue weighted by Gasteiger charge is -2.40. The highest BCUT2D eigenvalue weighted by Gasteiger charge is 2.42. The summed E-state index contributed by atoms with van der Waals surface area (Å²) in [6.45, 7) is 6.54. The minimum atomic E-state index is -3.71. The van der Waals surface area contributed by atoms with Gasteiger partial charge in [-0.05, 0) is 72.6 Å². The van der Waals surface area contributed by atoms with Crippen LogP contribution in [0.5, 0.6) is 0 Å². The summed E-state index contributed by atoms with van der Waals surface area (Å²) in [7, 11) is 0.172. The van der Waals surface area contributed by atoms with Gasteiger partial charge in [-0.2, -0.15) is 0 Å². The summed E-state index contributed by atoms with van der Waals surface area (Å²) in [5.74, 6) is -0.602. The fraction of sp³-hybridized carbons (Fsp3) is 0.520. The lowest BCUT2D eigenvalue weighted by atomic mass is 9.75. The van der Waals surface area contributed by atoms with E-state index in [1.807, 2.05) is 31.1 Å². The van der Waals surface area contributed by atoms with Gasteiger partial charge in [-0.25, -0.2) is 4.39 Å². The zero-order valence-electron chi connectivity index (χ0n) is 19.2. The smallest absolute Gasteiger partial charge is 0.264 e. The van der Waals surface area contributed by atoms with Gasteiger partial charge >= 0.3 is 0 Å². The van der Waals surface area contributed by atoms with E-state index in [1.165, 1.54) is 24.3 Å². The van der Waals surface area contributed by atoms with E-state index in [2.05, 4.69) is 20.8 Å². The Hall–Kier alpha value is -1.68. The molecule has 5 atom stereocenters. The average molecular weight is 448 g/mol. The topological polar surface area (TPSA) is 49.8 Å². The SMILES string of the molecule is CC(C)[C@@H]1CC[C@H](C)C[C@H]1O[P@@](=O)(c1ccc(N(C)C)cc1)[C@H](O)c1ccc(F)cc1. The number of nitrogens with zero attached hydrogens (tertiary/aromatic N) is 1. The number of aliphatic hydroxyl groups is 1. The van der Waals surface area contributed by atoms with Crippen molar-refractivity contribution in [2.75, 3.05) is 19.0 Å². The maximum absolute atomic E-state index is 14.4. The van der Waals surface area contributed by atoms with Crippen molar-refractivity contribution < 1.29 is 18.6 Å². The van der Waals surface area contributed by atoms with Crippen LogP contribution in [0.2, 0.25) is 0 Å². The highest BCUT2D eigenvalue weighted by Crippen LogP contribution is 2.60. The molecule has 31 heavy (non-hydrogen) atoms. The summed E-state index contributed by atoms with van der Waals surface area (Å²) < 4.78 is 34.4. The second-order valence-corrected chi connectivity index (χ2v) is 11.8. The molecule has 6 heteroatoms. The van der Waals surface area contributed by atoms with Gasteiger partial charge in [-0.3, -0.25) is 4.57 Å². The van der Waals surface area contributed by atoms with E-state index in [0.29, 0.717) is 22.7 Å². The molecular weight excluding hydrogens is 412 g/mol. The number of benzene rings is 2. The van der Waals surface area contributed by atoms with Crippen LogP contribution < -0.4 is 10.2 Å². The van der Waals surface area contributed by atoms with E-state index in [1.54, 1.807) is 12.1 Å². The van der Waals surface area contributed by atoms with Gasteiger partial charge in [0.2, 0.25) is 0 Å². The standard InChI is InChI=1S/C25H35FNO3P/c1-17(2)23-15-6-18(3)16-24(23)30-31(29,22-13-11-21(12-14-22)27(4)5)25(28)19-7-9-20(26)10-8-19/h7-14,17-18,23-25,28H,6,15-16H2,1-5H3/t18-,23-,24+,25-,31-/m0/s1. The molecule has 2 aromatic carbocycles. The molecule has 0 heterocycles. The number of hydrogen-bond donors (Lipinski definition) is 1. The first kappa shape index (κ1) is 24.0. The summed E-state index contributed by atoms with van der Waals surface area (Å²) >= 11 is 0. The largest absolute Gasteiger partial charge is 0.378 e. The Kier molecular flexibility index (Phi) is 7.62. The summed E-state index contributed by atoms with van der Waals surface area (Å²) in [6, 6.07) is 12.8. The molecule has 1 aliphatic carbocycles. The Labute approximate surface area is 185 Å². The number of anilines is 1. The van der Waals surface area contributed by atoms with E-state index in [4.69, 9.17) is 4.52 Å². The zero-order valence-corrected chi connectivity index (χ0v) is 20.1. The number of rotatable bonds is 7. The van der Waals surface area contributed by atoms with Crippen LogP contribution in [0.4, 0.5) is 10.1 Å². The van der Waals surface area contributed by atoms with Gasteiger partial charge in [0.15, 0.2) is 5.85 Å². The molecule has 0 aromatic heterocycles. The zero-order chi connectivity index (χ0) is 22.8. The monoisotopic (exact) mass is 447 g/mol. The molecule has 1 N–H and O–H groups in total. The maximum atomic E-state index is 14.4. The third kappa shape index (κ3) is 5.39. The molecule has 1 saturated carbocycles. The molecule has 3 rings (SSSR count). The molecule has 0 amide bonds. The predicted octanol–water partition coefficient (Wildman–Crippen LogP) is 5.96. The van der Waals surface area contributed by atoms with Crippen molar-refractivity contribution in [2.24, 2.45) is 17.8 Å². The third-order valence-electron chi connectivity index (χ3n) is 6.47. The normalized spacial score (nSPS) is 24.6. The Balaban J connectivity index is 2.02. The van der Waals surface area contributed by atoms with E-state index in [9.17, 15) is 14.1 Å². The van der Waals surface area contributed by atoms with Crippen LogP contribution in [0.3, 0.4) is 0 Å². The van der Waals surface area contributed by atoms with Crippen molar-refractivity contribution in [3.63, 3.8) is 0 Å². The van der Waals surface area contributed by atoms with Crippen LogP contribution >= 0.6 is 7.37 Å². The first-order valence-corrected chi connectivity index (χ1v) is 12.8. The summed E-state index contributed by atoms with van der Waals surface area (Å²) in [6.07, 6.45) is 2.78. The first-order chi connectivity index (χ1) is 14.6. The Morgan fingerprint density at radius 1 is 1.06 bits per heavy atom. The van der Waals surface area contributed by atoms with Crippen LogP contribution in [-0.2, 0) is 9.09 Å². The van der Waals surface area contributed by atoms with Crippen molar-refractivity contribution in [3.8, 4) is 0 Å². The molecule has 1 fully saturated rings. The minimum absolute atomic E-state index is 0.196. The van der Waals surface area contributed by atoms with Gasteiger partial charge in [-0.1, -0.05) is 39.3 Å². The second-order valence-electron chi connectivity index (χ2n) is 9.40. The molecular formula is C25H35FNO3P. The van der Waals surface area contributed by atoms with Crippen molar-refractivity contribution in [2.45, 2.75) is 52.0 Å². The number of hydrogen-bond acceptors (Lipinski definition) is 4. The molecule has 0 aliphatic heterocycles. The molecule has 1 aliphatic rings. The second kappa shape index (κ2) is 9.85. The van der Waals surface area contributed by atoms with Crippen LogP contribution in [0.25, 0.3) is 0 Å². The van der Waals surface area contributed by atoms with Gasteiger partial charge in [0.05, 0.1) is 6.10 Å². The molecule has 2 aromatic rings. The van der Waals surface area contributed by atoms with E-state index >= 15 is 0 Å². The number of halogens is 1. The summed E-state index contributed by atoms with van der Waals surface area (Å²) in [5.41, 5.74) is 1.37. The molecule has 4 nitrogen and oxygen atoms in total. The Morgan fingerprint density at radius 2 is 1.68 bits per heavy atom. The molecule has 0 bridgehead atoms. The van der Waals surface area contributed by atoms with Gasteiger partial charge in [-0.15, -0.1) is 0 Å². The van der Waals surface area contributed by atoms with Crippen LogP contribution in [0.15, 0.2) is 48.5 Å². The van der Waals surface area contributed by atoms with Crippen molar-refractivity contribution >= 4 is 18.4 Å². The predicted molar refractivity (Wildman–Crippen MR) is 126 cm³/mol. The van der Waals surface area contributed by atoms with Crippen molar-refractivity contribution in [1.82, 2.24) is 0 Å². The van der Waals surface area contributed by atoms with E-state index < -0.39 is 19.0 Å². The van der Waals surface area contributed by atoms with Crippen molar-refractivity contribution in [1.29, 1.82) is 0 Å². The fourth-order valence-electron chi connectivity index (χ4n) is 4.49. The fourth-order valence-corrected chi connectivity index (χ4v) is 6.78.